The van der Waals surface area contributed by atoms with Crippen molar-refractivity contribution in [1.29, 1.82) is 5.26 Å². The van der Waals surface area contributed by atoms with Crippen LogP contribution in [0.1, 0.15) is 25.0 Å². The number of carbonyl (C=O) groups is 1. The average Bonchev–Trinajstić information content (AvgIpc) is 3.31. The smallest absolute Gasteiger partial charge is 0.269 e. The van der Waals surface area contributed by atoms with E-state index < -0.39 is 20.7 Å². The number of anilines is 1. The Morgan fingerprint density at radius 3 is 2.47 bits per heavy atom. The molecule has 11 nitrogen and oxygen atoms in total. The summed E-state index contributed by atoms with van der Waals surface area (Å²) in [6, 6.07) is 14.4. The lowest BCUT2D eigenvalue weighted by atomic mass is 10.1. The molecule has 3 aromatic rings. The minimum absolute atomic E-state index is 0.00468. The van der Waals surface area contributed by atoms with Gasteiger partial charge in [-0.05, 0) is 47.4 Å². The van der Waals surface area contributed by atoms with E-state index in [1.165, 1.54) is 18.2 Å². The maximum absolute atomic E-state index is 12.5. The molecule has 1 aromatic heterocycles. The third kappa shape index (κ3) is 7.17. The molecule has 0 unspecified atom stereocenters. The van der Waals surface area contributed by atoms with Crippen molar-refractivity contribution in [3.63, 3.8) is 0 Å². The summed E-state index contributed by atoms with van der Waals surface area (Å²) in [6.07, 6.45) is 1.37. The number of non-ortho nitro benzene ring substituents is 1. The summed E-state index contributed by atoms with van der Waals surface area (Å²) >= 11 is 0.715. The molecule has 36 heavy (non-hydrogen) atoms. The number of carbonyl (C=O) groups excluding carboxylic acids is 1. The molecule has 0 fully saturated rings. The fourth-order valence-electron chi connectivity index (χ4n) is 2.92. The van der Waals surface area contributed by atoms with E-state index in [1.54, 1.807) is 50.2 Å². The van der Waals surface area contributed by atoms with E-state index in [-0.39, 0.29) is 39.8 Å². The molecule has 1 heterocycles. The van der Waals surface area contributed by atoms with Gasteiger partial charge in [-0.3, -0.25) is 20.2 Å². The molecule has 3 rings (SSSR count). The molecular weight excluding hydrogens is 506 g/mol. The highest BCUT2D eigenvalue weighted by molar-refractivity contribution is 7.91. The van der Waals surface area contributed by atoms with Crippen LogP contribution in [-0.2, 0) is 21.2 Å². The van der Waals surface area contributed by atoms with Crippen LogP contribution in [0.15, 0.2) is 59.3 Å². The van der Waals surface area contributed by atoms with Crippen LogP contribution in [0.4, 0.5) is 10.8 Å². The molecule has 0 aliphatic rings. The number of hydrogen-bond acceptors (Lipinski definition) is 10. The molecule has 0 saturated carbocycles. The number of nitrogens with one attached hydrogen (secondary N) is 1. The lowest BCUT2D eigenvalue weighted by Gasteiger charge is -2.07. The maximum atomic E-state index is 12.5. The van der Waals surface area contributed by atoms with Gasteiger partial charge in [-0.25, -0.2) is 8.42 Å². The zero-order valence-electron chi connectivity index (χ0n) is 19.2. The highest BCUT2D eigenvalue weighted by Gasteiger charge is 2.23. The van der Waals surface area contributed by atoms with E-state index in [9.17, 15) is 28.6 Å². The number of amides is 1. The zero-order valence-corrected chi connectivity index (χ0v) is 20.9. The molecule has 0 spiro atoms. The molecule has 1 N–H and O–H groups in total. The number of benzene rings is 2. The van der Waals surface area contributed by atoms with Crippen molar-refractivity contribution in [2.75, 3.05) is 11.1 Å². The van der Waals surface area contributed by atoms with Crippen molar-refractivity contribution in [2.45, 2.75) is 25.6 Å². The summed E-state index contributed by atoms with van der Waals surface area (Å²) in [7, 11) is -3.66. The van der Waals surface area contributed by atoms with Crippen LogP contribution in [0, 0.1) is 27.4 Å². The number of nitriles is 1. The van der Waals surface area contributed by atoms with E-state index >= 15 is 0 Å². The predicted octanol–water partition coefficient (Wildman–Crippen LogP) is 4.00. The number of ether oxygens (including phenoxy) is 1. The van der Waals surface area contributed by atoms with Crippen LogP contribution >= 0.6 is 11.5 Å². The Labute approximate surface area is 211 Å². The van der Waals surface area contributed by atoms with E-state index in [0.29, 0.717) is 22.8 Å². The van der Waals surface area contributed by atoms with Crippen molar-refractivity contribution < 1.29 is 22.9 Å². The average molecular weight is 528 g/mol. The number of nitrogens with zero attached hydrogens (tertiary/aromatic N) is 4. The van der Waals surface area contributed by atoms with E-state index in [4.69, 9.17) is 4.74 Å². The predicted molar refractivity (Wildman–Crippen MR) is 133 cm³/mol. The lowest BCUT2D eigenvalue weighted by molar-refractivity contribution is -0.384. The maximum Gasteiger partial charge on any atom is 0.269 e. The second-order valence-electron chi connectivity index (χ2n) is 7.96. The quantitative estimate of drug-likeness (QED) is 0.177. The summed E-state index contributed by atoms with van der Waals surface area (Å²) in [5.74, 6) is -0.449. The Kier molecular flexibility index (Phi) is 8.46. The Balaban J connectivity index is 1.62. The zero-order chi connectivity index (χ0) is 26.3. The Morgan fingerprint density at radius 2 is 1.89 bits per heavy atom. The van der Waals surface area contributed by atoms with Gasteiger partial charge in [0.1, 0.15) is 24.0 Å². The van der Waals surface area contributed by atoms with Crippen molar-refractivity contribution in [3.8, 4) is 11.8 Å². The first-order chi connectivity index (χ1) is 17.1. The van der Waals surface area contributed by atoms with Crippen LogP contribution in [0.2, 0.25) is 0 Å². The van der Waals surface area contributed by atoms with Crippen LogP contribution in [0.3, 0.4) is 0 Å². The second kappa shape index (κ2) is 11.5. The van der Waals surface area contributed by atoms with Crippen molar-refractivity contribution in [2.24, 2.45) is 5.92 Å². The molecule has 1 amide bonds. The topological polar surface area (TPSA) is 165 Å². The van der Waals surface area contributed by atoms with Crippen LogP contribution in [0.5, 0.6) is 5.75 Å². The highest BCUT2D eigenvalue weighted by atomic mass is 32.2. The van der Waals surface area contributed by atoms with Crippen molar-refractivity contribution >= 4 is 44.2 Å². The fourth-order valence-corrected chi connectivity index (χ4v) is 5.27. The van der Waals surface area contributed by atoms with E-state index in [2.05, 4.69) is 14.7 Å². The monoisotopic (exact) mass is 527 g/mol. The number of aromatic nitrogens is 2. The highest BCUT2D eigenvalue weighted by Crippen LogP contribution is 2.20. The Hall–Kier alpha value is -4.15. The normalized spacial score (nSPS) is 11.7. The Morgan fingerprint density at radius 1 is 1.22 bits per heavy atom. The molecular formula is C23H21N5O6S2. The number of hydrogen-bond donors (Lipinski definition) is 1. The minimum Gasteiger partial charge on any atom is -0.489 e. The van der Waals surface area contributed by atoms with Gasteiger partial charge >= 0.3 is 0 Å². The molecule has 0 radical (unpaired) electrons. The van der Waals surface area contributed by atoms with Crippen LogP contribution in [0.25, 0.3) is 6.08 Å². The Bertz CT molecular complexity index is 1420. The summed E-state index contributed by atoms with van der Waals surface area (Å²) in [5.41, 5.74) is 1.10. The van der Waals surface area contributed by atoms with Gasteiger partial charge in [0.15, 0.2) is 0 Å². The van der Waals surface area contributed by atoms with Gasteiger partial charge in [0.2, 0.25) is 15.0 Å². The molecule has 13 heteroatoms. The molecule has 0 aliphatic carbocycles. The van der Waals surface area contributed by atoms with E-state index in [0.717, 1.165) is 5.56 Å². The molecule has 2 aromatic carbocycles. The summed E-state index contributed by atoms with van der Waals surface area (Å²) < 4.78 is 33.9. The van der Waals surface area contributed by atoms with Crippen molar-refractivity contribution in [1.82, 2.24) is 9.36 Å². The molecule has 0 aliphatic heterocycles. The molecule has 186 valence electrons. The fraction of sp³-hybridized carbons (Fsp3) is 0.217. The third-order valence-corrected chi connectivity index (χ3v) is 7.16. The first kappa shape index (κ1) is 26.5. The SMILES string of the molecule is CC(C)CS(=O)(=O)c1nsc(NC(=O)/C(C#N)=C\c2ccc(OCc3ccc([N+](=O)[O-])cc3)cc2)n1. The van der Waals surface area contributed by atoms with Crippen LogP contribution in [-0.4, -0.2) is 34.4 Å². The lowest BCUT2D eigenvalue weighted by Crippen LogP contribution is -2.15. The van der Waals surface area contributed by atoms with Gasteiger partial charge in [0.25, 0.3) is 16.8 Å². The number of sulfone groups is 1. The summed E-state index contributed by atoms with van der Waals surface area (Å²) in [6.45, 7) is 3.72. The van der Waals surface area contributed by atoms with Gasteiger partial charge in [0.05, 0.1) is 10.7 Å². The van der Waals surface area contributed by atoms with Gasteiger partial charge < -0.3 is 4.74 Å². The van der Waals surface area contributed by atoms with Gasteiger partial charge in [-0.15, -0.1) is 0 Å². The number of nitro benzene ring substituents is 1. The first-order valence-electron chi connectivity index (χ1n) is 10.5. The number of nitro groups is 1. The second-order valence-corrected chi connectivity index (χ2v) is 10.6. The van der Waals surface area contributed by atoms with Gasteiger partial charge in [-0.2, -0.15) is 14.6 Å². The minimum atomic E-state index is -3.66. The third-order valence-electron chi connectivity index (χ3n) is 4.57. The largest absolute Gasteiger partial charge is 0.489 e. The van der Waals surface area contributed by atoms with Crippen molar-refractivity contribution in [3.05, 3.63) is 75.3 Å². The molecule has 0 bridgehead atoms. The molecule has 0 atom stereocenters. The van der Waals surface area contributed by atoms with Gasteiger partial charge in [-0.1, -0.05) is 26.0 Å². The summed E-state index contributed by atoms with van der Waals surface area (Å²) in [4.78, 5) is 26.6. The van der Waals surface area contributed by atoms with Gasteiger partial charge in [0, 0.05) is 23.7 Å². The number of rotatable bonds is 10. The first-order valence-corrected chi connectivity index (χ1v) is 13.0. The van der Waals surface area contributed by atoms with Crippen LogP contribution < -0.4 is 10.1 Å². The summed E-state index contributed by atoms with van der Waals surface area (Å²) in [5, 5.41) is 22.2. The standard InChI is InChI=1S/C23H21N5O6S2/c1-15(2)14-36(32,33)23-26-22(35-27-23)25-21(29)18(12-24)11-16-5-9-20(10-6-16)34-13-17-3-7-19(8-4-17)28(30)31/h3-11,15H,13-14H2,1-2H3,(H,25,26,27,29)/b18-11-. The van der Waals surface area contributed by atoms with E-state index in [1.807, 2.05) is 6.07 Å². The molecule has 0 saturated heterocycles.